The van der Waals surface area contributed by atoms with E-state index in [1.54, 1.807) is 0 Å². The summed E-state index contributed by atoms with van der Waals surface area (Å²) in [6.45, 7) is 0. The largest absolute Gasteiger partial charge is 0.456 e. The minimum atomic E-state index is -0.455. The SMILES string of the molecule is c1cc(-c2ccc(N(c3ccc4c5ccccc5c5ccccc5c4c3)c3cccc4c3-c3ccccc3C43c4ccccc4-c4ccccc43)cc2)cc(-c2ccc3oc4ccccc4c3c2)c1. The van der Waals surface area contributed by atoms with Crippen LogP contribution in [0.15, 0.2) is 253 Å². The van der Waals surface area contributed by atoms with Gasteiger partial charge in [-0.1, -0.05) is 194 Å². The van der Waals surface area contributed by atoms with E-state index in [1.165, 1.54) is 93.5 Å². The van der Waals surface area contributed by atoms with Crippen LogP contribution in [0.4, 0.5) is 17.1 Å². The van der Waals surface area contributed by atoms with E-state index >= 15 is 0 Å². The van der Waals surface area contributed by atoms with Gasteiger partial charge in [0.15, 0.2) is 0 Å². The first-order valence-electron chi connectivity index (χ1n) is 23.9. The van der Waals surface area contributed by atoms with E-state index in [1.807, 2.05) is 12.1 Å². The third-order valence-corrected chi connectivity index (χ3v) is 15.3. The van der Waals surface area contributed by atoms with Crippen molar-refractivity contribution in [1.82, 2.24) is 0 Å². The Morgan fingerprint density at radius 1 is 0.275 bits per heavy atom. The second-order valence-corrected chi connectivity index (χ2v) is 18.7. The standard InChI is InChI=1S/C67H41NO/c1-2-19-50-48(17-1)49-18-3-4-20-51(49)57-41-47(36-37-52(50)57)68(46-34-31-42(32-35-46)43-15-13-16-44(39-43)45-33-38-65-58(40-45)55-23-8-12-30-64(55)69-65)63-29-14-28-62-66(63)56-24-7-11-27-61(56)67(62)59-25-9-5-21-53(59)54-22-6-10-26-60(54)67/h1-41H. The van der Waals surface area contributed by atoms with Crippen molar-refractivity contribution in [3.05, 3.63) is 271 Å². The van der Waals surface area contributed by atoms with Crippen molar-refractivity contribution in [3.63, 3.8) is 0 Å². The summed E-state index contributed by atoms with van der Waals surface area (Å²) in [5, 5.41) is 9.84. The van der Waals surface area contributed by atoms with Gasteiger partial charge in [-0.3, -0.25) is 0 Å². The molecule has 2 aliphatic rings. The summed E-state index contributed by atoms with van der Waals surface area (Å²) < 4.78 is 6.18. The molecule has 0 N–H and O–H groups in total. The molecule has 0 fully saturated rings. The van der Waals surface area contributed by atoms with Crippen molar-refractivity contribution in [3.8, 4) is 44.5 Å². The highest BCUT2D eigenvalue weighted by Gasteiger charge is 2.52. The molecule has 1 heterocycles. The molecule has 0 atom stereocenters. The molecule has 0 unspecified atom stereocenters. The van der Waals surface area contributed by atoms with Crippen LogP contribution in [0.25, 0.3) is 98.8 Å². The second-order valence-electron chi connectivity index (χ2n) is 18.7. The van der Waals surface area contributed by atoms with Gasteiger partial charge in [-0.15, -0.1) is 0 Å². The fourth-order valence-corrected chi connectivity index (χ4v) is 12.4. The highest BCUT2D eigenvalue weighted by Crippen LogP contribution is 2.64. The molecule has 0 amide bonds. The summed E-state index contributed by atoms with van der Waals surface area (Å²) >= 11 is 0. The van der Waals surface area contributed by atoms with Crippen LogP contribution in [0.3, 0.4) is 0 Å². The van der Waals surface area contributed by atoms with Gasteiger partial charge in [0.05, 0.1) is 11.1 Å². The number of hydrogen-bond acceptors (Lipinski definition) is 2. The van der Waals surface area contributed by atoms with Crippen molar-refractivity contribution in [1.29, 1.82) is 0 Å². The molecule has 13 aromatic rings. The number of anilines is 3. The molecule has 2 heteroatoms. The van der Waals surface area contributed by atoms with Gasteiger partial charge in [0.1, 0.15) is 11.2 Å². The van der Waals surface area contributed by atoms with Crippen molar-refractivity contribution in [2.24, 2.45) is 0 Å². The van der Waals surface area contributed by atoms with Gasteiger partial charge in [-0.2, -0.15) is 0 Å². The van der Waals surface area contributed by atoms with Gasteiger partial charge in [0.2, 0.25) is 0 Å². The molecule has 69 heavy (non-hydrogen) atoms. The minimum Gasteiger partial charge on any atom is -0.456 e. The van der Waals surface area contributed by atoms with E-state index in [4.69, 9.17) is 4.42 Å². The molecule has 320 valence electrons. The number of hydrogen-bond donors (Lipinski definition) is 0. The molecule has 0 saturated carbocycles. The molecule has 1 spiro atoms. The number of rotatable bonds is 5. The van der Waals surface area contributed by atoms with Gasteiger partial charge in [-0.25, -0.2) is 0 Å². The van der Waals surface area contributed by atoms with Crippen molar-refractivity contribution < 1.29 is 4.42 Å². The summed E-state index contributed by atoms with van der Waals surface area (Å²) in [6.07, 6.45) is 0. The maximum atomic E-state index is 6.18. The van der Waals surface area contributed by atoms with Crippen LogP contribution in [-0.4, -0.2) is 0 Å². The molecule has 0 bridgehead atoms. The summed E-state index contributed by atoms with van der Waals surface area (Å²) in [5.41, 5.74) is 19.9. The Morgan fingerprint density at radius 2 is 0.754 bits per heavy atom. The fourth-order valence-electron chi connectivity index (χ4n) is 12.4. The maximum Gasteiger partial charge on any atom is 0.135 e. The average Bonchev–Trinajstić information content (AvgIpc) is 4.06. The second kappa shape index (κ2) is 14.5. The van der Waals surface area contributed by atoms with Crippen LogP contribution in [0.5, 0.6) is 0 Å². The molecular weight excluding hydrogens is 835 g/mol. The monoisotopic (exact) mass is 875 g/mol. The Kier molecular flexibility index (Phi) is 8.02. The summed E-state index contributed by atoms with van der Waals surface area (Å²) in [7, 11) is 0. The van der Waals surface area contributed by atoms with Crippen LogP contribution in [0, 0.1) is 0 Å². The first kappa shape index (κ1) is 38.2. The van der Waals surface area contributed by atoms with E-state index in [9.17, 15) is 0 Å². The smallest absolute Gasteiger partial charge is 0.135 e. The molecule has 0 radical (unpaired) electrons. The lowest BCUT2D eigenvalue weighted by atomic mass is 9.70. The van der Waals surface area contributed by atoms with Crippen LogP contribution in [0.1, 0.15) is 22.3 Å². The molecule has 12 aromatic carbocycles. The molecular formula is C67H41NO. The van der Waals surface area contributed by atoms with E-state index < -0.39 is 5.41 Å². The first-order chi connectivity index (χ1) is 34.2. The molecule has 2 aliphatic carbocycles. The Bertz CT molecular complexity index is 4190. The van der Waals surface area contributed by atoms with Crippen molar-refractivity contribution in [2.75, 3.05) is 4.90 Å². The van der Waals surface area contributed by atoms with Gasteiger partial charge in [0, 0.05) is 27.7 Å². The lowest BCUT2D eigenvalue weighted by molar-refractivity contribution is 0.669. The first-order valence-corrected chi connectivity index (χ1v) is 23.9. The molecule has 2 nitrogen and oxygen atoms in total. The lowest BCUT2D eigenvalue weighted by Crippen LogP contribution is -2.26. The van der Waals surface area contributed by atoms with Crippen molar-refractivity contribution in [2.45, 2.75) is 5.41 Å². The highest BCUT2D eigenvalue weighted by molar-refractivity contribution is 6.26. The van der Waals surface area contributed by atoms with Crippen LogP contribution in [-0.2, 0) is 5.41 Å². The highest BCUT2D eigenvalue weighted by atomic mass is 16.3. The van der Waals surface area contributed by atoms with Crippen LogP contribution >= 0.6 is 0 Å². The summed E-state index contributed by atoms with van der Waals surface area (Å²) in [4.78, 5) is 2.51. The zero-order valence-corrected chi connectivity index (χ0v) is 37.5. The molecule has 0 saturated heterocycles. The lowest BCUT2D eigenvalue weighted by Gasteiger charge is -2.32. The normalized spacial score (nSPS) is 13.0. The molecule has 15 rings (SSSR count). The quantitative estimate of drug-likeness (QED) is 0.160. The predicted octanol–water partition coefficient (Wildman–Crippen LogP) is 18.2. The van der Waals surface area contributed by atoms with E-state index in [2.05, 4.69) is 241 Å². The zero-order valence-electron chi connectivity index (χ0n) is 37.5. The summed E-state index contributed by atoms with van der Waals surface area (Å²) in [5.74, 6) is 0. The summed E-state index contributed by atoms with van der Waals surface area (Å²) in [6, 6.07) is 92.0. The average molecular weight is 876 g/mol. The van der Waals surface area contributed by atoms with Crippen LogP contribution in [0.2, 0.25) is 0 Å². The Hall–Kier alpha value is -8.98. The topological polar surface area (TPSA) is 16.4 Å². The van der Waals surface area contributed by atoms with Gasteiger partial charge in [0.25, 0.3) is 0 Å². The number of benzene rings is 12. The Balaban J connectivity index is 0.935. The zero-order chi connectivity index (χ0) is 45.2. The van der Waals surface area contributed by atoms with E-state index in [-0.39, 0.29) is 0 Å². The van der Waals surface area contributed by atoms with E-state index in [0.717, 1.165) is 44.6 Å². The van der Waals surface area contributed by atoms with Crippen LogP contribution < -0.4 is 4.90 Å². The predicted molar refractivity (Wildman–Crippen MR) is 288 cm³/mol. The third-order valence-electron chi connectivity index (χ3n) is 15.3. The number of fused-ring (bicyclic) bond motifs is 19. The molecule has 0 aliphatic heterocycles. The fraction of sp³-hybridized carbons (Fsp3) is 0.0149. The maximum absolute atomic E-state index is 6.18. The van der Waals surface area contributed by atoms with E-state index in [0.29, 0.717) is 0 Å². The Morgan fingerprint density at radius 3 is 1.45 bits per heavy atom. The van der Waals surface area contributed by atoms with Gasteiger partial charge < -0.3 is 9.32 Å². The Labute approximate surface area is 399 Å². The van der Waals surface area contributed by atoms with Gasteiger partial charge >= 0.3 is 0 Å². The number of nitrogens with zero attached hydrogens (tertiary/aromatic N) is 1. The minimum absolute atomic E-state index is 0.455. The van der Waals surface area contributed by atoms with Crippen molar-refractivity contribution >= 4 is 71.3 Å². The van der Waals surface area contributed by atoms with Gasteiger partial charge in [-0.05, 0) is 148 Å². The number of para-hydroxylation sites is 1. The number of furan rings is 1. The third kappa shape index (κ3) is 5.37. The molecule has 1 aromatic heterocycles.